The summed E-state index contributed by atoms with van der Waals surface area (Å²) in [6.07, 6.45) is 1.91. The number of carbonyl (C=O) groups excluding carboxylic acids is 1. The molecule has 1 aliphatic carbocycles. The van der Waals surface area contributed by atoms with Gasteiger partial charge >= 0.3 is 11.9 Å². The molecule has 2 fully saturated rings. The van der Waals surface area contributed by atoms with E-state index in [9.17, 15) is 15.0 Å². The third-order valence-corrected chi connectivity index (χ3v) is 6.45. The summed E-state index contributed by atoms with van der Waals surface area (Å²) < 4.78 is 7.14. The summed E-state index contributed by atoms with van der Waals surface area (Å²) >= 11 is 0. The van der Waals surface area contributed by atoms with Crippen molar-refractivity contribution < 1.29 is 24.3 Å². The predicted octanol–water partition coefficient (Wildman–Crippen LogP) is -2.53. The van der Waals surface area contributed by atoms with Crippen LogP contribution >= 0.6 is 0 Å². The Morgan fingerprint density at radius 1 is 1.42 bits per heavy atom. The van der Waals surface area contributed by atoms with Gasteiger partial charge in [-0.1, -0.05) is 13.3 Å². The molecule has 1 saturated heterocycles. The number of hydrogen-bond donors (Lipinski definition) is 6. The maximum atomic E-state index is 12.6. The molecule has 0 aromatic rings. The first kappa shape index (κ1) is 17.3. The van der Waals surface area contributed by atoms with E-state index in [4.69, 9.17) is 16.2 Å². The molecule has 8 N–H and O–H groups in total. The van der Waals surface area contributed by atoms with Gasteiger partial charge in [0.25, 0.3) is 5.79 Å². The molecule has 144 valence electrons. The van der Waals surface area contributed by atoms with Gasteiger partial charge < -0.3 is 26.0 Å². The van der Waals surface area contributed by atoms with Crippen molar-refractivity contribution in [2.75, 3.05) is 6.54 Å². The maximum Gasteiger partial charge on any atom is 0.346 e. The second-order valence-electron chi connectivity index (χ2n) is 8.04. The van der Waals surface area contributed by atoms with Crippen molar-refractivity contribution in [2.24, 2.45) is 21.9 Å². The molecular formula is C16H27N6O4+. The van der Waals surface area contributed by atoms with Crippen LogP contribution in [0.4, 0.5) is 0 Å². The first-order chi connectivity index (χ1) is 12.2. The third-order valence-electron chi connectivity index (χ3n) is 6.45. The van der Waals surface area contributed by atoms with Gasteiger partial charge in [-0.05, 0) is 26.2 Å². The number of carbonyl (C=O) groups is 1. The quantitative estimate of drug-likeness (QED) is 0.181. The number of rotatable bonds is 3. The Kier molecular flexibility index (Phi) is 3.49. The van der Waals surface area contributed by atoms with Crippen molar-refractivity contribution in [2.45, 2.75) is 69.2 Å². The average Bonchev–Trinajstić information content (AvgIpc) is 3.01. The van der Waals surface area contributed by atoms with E-state index in [1.807, 2.05) is 13.8 Å². The van der Waals surface area contributed by atoms with Crippen molar-refractivity contribution in [3.05, 3.63) is 0 Å². The van der Waals surface area contributed by atoms with E-state index < -0.39 is 35.0 Å². The summed E-state index contributed by atoms with van der Waals surface area (Å²) in [5.41, 5.74) is 10.0. The second kappa shape index (κ2) is 5.23. The van der Waals surface area contributed by atoms with E-state index in [1.54, 1.807) is 4.58 Å². The lowest BCUT2D eigenvalue weighted by atomic mass is 9.70. The minimum atomic E-state index is -2.42. The van der Waals surface area contributed by atoms with Crippen molar-refractivity contribution in [1.82, 2.24) is 10.6 Å². The Hall–Kier alpha value is -2.07. The lowest BCUT2D eigenvalue weighted by molar-refractivity contribution is -0.623. The maximum absolute atomic E-state index is 12.6. The van der Waals surface area contributed by atoms with Crippen LogP contribution in [-0.4, -0.2) is 68.9 Å². The summed E-state index contributed by atoms with van der Waals surface area (Å²) in [5.74, 6) is -2.47. The van der Waals surface area contributed by atoms with Gasteiger partial charge in [0, 0.05) is 0 Å². The number of hydrogen-bond acceptors (Lipinski definition) is 9. The zero-order valence-corrected chi connectivity index (χ0v) is 15.0. The monoisotopic (exact) mass is 367 g/mol. The van der Waals surface area contributed by atoms with Crippen LogP contribution in [0.3, 0.4) is 0 Å². The van der Waals surface area contributed by atoms with E-state index in [2.05, 4.69) is 15.6 Å². The van der Waals surface area contributed by atoms with Crippen LogP contribution in [-0.2, 0) is 9.53 Å². The number of ether oxygens (including phenoxy) is 1. The summed E-state index contributed by atoms with van der Waals surface area (Å²) in [5, 5.41) is 28.3. The minimum absolute atomic E-state index is 0.0242. The van der Waals surface area contributed by atoms with E-state index in [0.29, 0.717) is 6.42 Å². The highest BCUT2D eigenvalue weighted by Crippen LogP contribution is 2.45. The Morgan fingerprint density at radius 3 is 2.69 bits per heavy atom. The number of aliphatic hydroxyl groups is 2. The molecule has 0 bridgehead atoms. The van der Waals surface area contributed by atoms with E-state index in [-0.39, 0.29) is 24.5 Å². The molecule has 3 aliphatic heterocycles. The lowest BCUT2D eigenvalue weighted by Crippen LogP contribution is -2.78. The number of esters is 1. The van der Waals surface area contributed by atoms with Crippen LogP contribution in [0.15, 0.2) is 4.99 Å². The zero-order valence-electron chi connectivity index (χ0n) is 15.0. The van der Waals surface area contributed by atoms with Crippen molar-refractivity contribution in [3.63, 3.8) is 0 Å². The molecule has 4 aliphatic rings. The van der Waals surface area contributed by atoms with E-state index >= 15 is 0 Å². The number of nitrogens with two attached hydrogens (primary N) is 2. The van der Waals surface area contributed by atoms with Gasteiger partial charge in [-0.3, -0.25) is 15.8 Å². The molecule has 0 amide bonds. The van der Waals surface area contributed by atoms with Gasteiger partial charge in [0.2, 0.25) is 5.66 Å². The van der Waals surface area contributed by atoms with Crippen molar-refractivity contribution in [3.8, 4) is 0 Å². The molecule has 0 aromatic heterocycles. The molecule has 4 rings (SSSR count). The predicted molar refractivity (Wildman–Crippen MR) is 91.8 cm³/mol. The molecule has 0 aromatic carbocycles. The molecule has 10 nitrogen and oxygen atoms in total. The van der Waals surface area contributed by atoms with Crippen LogP contribution in [0.5, 0.6) is 0 Å². The zero-order chi connectivity index (χ0) is 18.9. The van der Waals surface area contributed by atoms with Crippen LogP contribution in [0.1, 0.15) is 39.5 Å². The van der Waals surface area contributed by atoms with E-state index in [0.717, 1.165) is 19.3 Å². The first-order valence-electron chi connectivity index (χ1n) is 9.09. The fraction of sp³-hybridized carbons (Fsp3) is 0.812. The van der Waals surface area contributed by atoms with Crippen LogP contribution < -0.4 is 22.1 Å². The van der Waals surface area contributed by atoms with Crippen LogP contribution in [0, 0.1) is 5.41 Å². The number of nitrogens with zero attached hydrogens (tertiary/aromatic N) is 2. The average molecular weight is 367 g/mol. The standard InChI is InChI=1S/C16H26N6O4/c1-3-8-10-15(21-12(17)20-10)16(24,25)9(7-22(15)13(18)19-8)26-11(23)14(2)5-4-6-14/h8-10,24-25H,3-7H2,1-2H3,(H5,17,18,19,20,21)/p+1/t8-,9-,10-,15-/m0/s1. The number of nitrogens with one attached hydrogen (secondary N) is 2. The van der Waals surface area contributed by atoms with Crippen LogP contribution in [0.25, 0.3) is 0 Å². The highest BCUT2D eigenvalue weighted by Gasteiger charge is 2.76. The van der Waals surface area contributed by atoms with Crippen molar-refractivity contribution >= 4 is 17.9 Å². The van der Waals surface area contributed by atoms with Gasteiger partial charge in [0.05, 0.1) is 5.41 Å². The number of guanidine groups is 2. The highest BCUT2D eigenvalue weighted by molar-refractivity contribution is 5.83. The molecule has 4 atom stereocenters. The minimum Gasteiger partial charge on any atom is -0.453 e. The molecule has 0 unspecified atom stereocenters. The van der Waals surface area contributed by atoms with Crippen LogP contribution in [0.2, 0.25) is 0 Å². The summed E-state index contributed by atoms with van der Waals surface area (Å²) in [4.78, 5) is 16.9. The molecule has 1 saturated carbocycles. The molecule has 10 heteroatoms. The Balaban J connectivity index is 1.71. The smallest absolute Gasteiger partial charge is 0.346 e. The fourth-order valence-corrected chi connectivity index (χ4v) is 4.61. The van der Waals surface area contributed by atoms with Gasteiger partial charge in [-0.15, -0.1) is 0 Å². The van der Waals surface area contributed by atoms with E-state index in [1.165, 1.54) is 0 Å². The largest absolute Gasteiger partial charge is 0.453 e. The molecule has 3 heterocycles. The van der Waals surface area contributed by atoms with Gasteiger partial charge in [0.15, 0.2) is 12.1 Å². The second-order valence-corrected chi connectivity index (χ2v) is 8.04. The topological polar surface area (TPSA) is 158 Å². The molecule has 26 heavy (non-hydrogen) atoms. The van der Waals surface area contributed by atoms with Gasteiger partial charge in [0.1, 0.15) is 18.6 Å². The number of aliphatic imine (C=N–C) groups is 1. The Labute approximate surface area is 151 Å². The molecule has 1 spiro atoms. The molecule has 0 radical (unpaired) electrons. The fourth-order valence-electron chi connectivity index (χ4n) is 4.61. The normalized spacial score (nSPS) is 39.1. The molecular weight excluding hydrogens is 340 g/mol. The summed E-state index contributed by atoms with van der Waals surface area (Å²) in [7, 11) is 0. The summed E-state index contributed by atoms with van der Waals surface area (Å²) in [6, 6.07) is -0.838. The Bertz CT molecular complexity index is 716. The highest BCUT2D eigenvalue weighted by atomic mass is 16.6. The van der Waals surface area contributed by atoms with Crippen molar-refractivity contribution in [1.29, 1.82) is 0 Å². The summed E-state index contributed by atoms with van der Waals surface area (Å²) in [6.45, 7) is 3.80. The first-order valence-corrected chi connectivity index (χ1v) is 9.09. The van der Waals surface area contributed by atoms with Gasteiger partial charge in [-0.2, -0.15) is 0 Å². The lowest BCUT2D eigenvalue weighted by Gasteiger charge is -2.43. The third kappa shape index (κ3) is 1.96. The SMILES string of the molecule is CC[C@@H]1NC(N)=[N+]2C[C@H](OC(=O)C3(C)CCC3)C(O)(O)[C@@]23NC(N)=N[C@@H]13. The Morgan fingerprint density at radius 2 is 2.12 bits per heavy atom. The van der Waals surface area contributed by atoms with Gasteiger partial charge in [-0.25, -0.2) is 9.57 Å².